The zero-order valence-electron chi connectivity index (χ0n) is 12.5. The Bertz CT molecular complexity index is 755. The first-order valence-electron chi connectivity index (χ1n) is 7.00. The molecule has 7 heteroatoms. The van der Waals surface area contributed by atoms with E-state index < -0.39 is 24.4 Å². The number of rotatable bonds is 6. The van der Waals surface area contributed by atoms with E-state index in [1.54, 1.807) is 0 Å². The van der Waals surface area contributed by atoms with Gasteiger partial charge in [0.1, 0.15) is 6.04 Å². The van der Waals surface area contributed by atoms with Crippen molar-refractivity contribution in [2.24, 2.45) is 5.73 Å². The van der Waals surface area contributed by atoms with Gasteiger partial charge in [0.25, 0.3) is 5.92 Å². The van der Waals surface area contributed by atoms with E-state index in [0.717, 1.165) is 0 Å². The number of carbonyl (C=O) groups excluding carboxylic acids is 1. The first kappa shape index (κ1) is 17.9. The van der Waals surface area contributed by atoms with Crippen molar-refractivity contribution >= 4 is 17.5 Å². The van der Waals surface area contributed by atoms with Crippen molar-refractivity contribution in [3.05, 3.63) is 70.2 Å². The Kier molecular flexibility index (Phi) is 5.50. The molecule has 0 spiro atoms. The number of nitrogens with two attached hydrogens (primary N) is 1. The zero-order valence-corrected chi connectivity index (χ0v) is 13.2. The maximum absolute atomic E-state index is 14.2. The van der Waals surface area contributed by atoms with E-state index in [1.807, 2.05) is 6.07 Å². The summed E-state index contributed by atoms with van der Waals surface area (Å²) in [5.41, 5.74) is 5.89. The number of halogens is 3. The minimum atomic E-state index is -3.20. The van der Waals surface area contributed by atoms with Crippen molar-refractivity contribution < 1.29 is 13.6 Å². The number of carbonyl (C=O) groups is 1. The number of benzene rings is 2. The van der Waals surface area contributed by atoms with Crippen molar-refractivity contribution in [1.29, 1.82) is 5.26 Å². The van der Waals surface area contributed by atoms with Crippen molar-refractivity contribution in [3.63, 3.8) is 0 Å². The molecule has 3 N–H and O–H groups in total. The molecule has 1 amide bonds. The van der Waals surface area contributed by atoms with Crippen LogP contribution in [0.2, 0.25) is 5.02 Å². The number of hydrogen-bond acceptors (Lipinski definition) is 3. The van der Waals surface area contributed by atoms with Crippen LogP contribution in [0, 0.1) is 11.3 Å². The fraction of sp³-hybridized carbons (Fsp3) is 0.176. The third-order valence-corrected chi connectivity index (χ3v) is 3.70. The molecule has 0 radical (unpaired) electrons. The van der Waals surface area contributed by atoms with Gasteiger partial charge in [-0.1, -0.05) is 35.9 Å². The monoisotopic (exact) mass is 349 g/mol. The Morgan fingerprint density at radius 1 is 1.21 bits per heavy atom. The van der Waals surface area contributed by atoms with Crippen LogP contribution in [-0.2, 0) is 10.7 Å². The standard InChI is InChI=1S/C17H14ClF2N3O/c18-14-7-5-13(6-8-14)17(19,20)10-23-15(16(22)24)12-3-1-11(9-21)2-4-12/h1-8,15,23H,10H2,(H2,22,24)/t15-/m0/s1. The summed E-state index contributed by atoms with van der Waals surface area (Å²) in [4.78, 5) is 11.6. The second-order valence-corrected chi connectivity index (χ2v) is 5.60. The Morgan fingerprint density at radius 3 is 2.29 bits per heavy atom. The maximum Gasteiger partial charge on any atom is 0.285 e. The molecule has 4 nitrogen and oxygen atoms in total. The zero-order chi connectivity index (χ0) is 17.7. The van der Waals surface area contributed by atoms with Gasteiger partial charge in [-0.05, 0) is 29.8 Å². The maximum atomic E-state index is 14.2. The van der Waals surface area contributed by atoms with E-state index in [0.29, 0.717) is 16.1 Å². The van der Waals surface area contributed by atoms with Crippen LogP contribution in [0.3, 0.4) is 0 Å². The van der Waals surface area contributed by atoms with E-state index >= 15 is 0 Å². The summed E-state index contributed by atoms with van der Waals surface area (Å²) < 4.78 is 28.5. The lowest BCUT2D eigenvalue weighted by Crippen LogP contribution is -2.39. The number of alkyl halides is 2. The molecule has 2 aromatic rings. The van der Waals surface area contributed by atoms with E-state index in [9.17, 15) is 13.6 Å². The second-order valence-electron chi connectivity index (χ2n) is 5.16. The quantitative estimate of drug-likeness (QED) is 0.841. The minimum Gasteiger partial charge on any atom is -0.368 e. The summed E-state index contributed by atoms with van der Waals surface area (Å²) in [7, 11) is 0. The van der Waals surface area contributed by atoms with Gasteiger partial charge in [0.2, 0.25) is 5.91 Å². The van der Waals surface area contributed by atoms with Gasteiger partial charge in [0.15, 0.2) is 0 Å². The number of amides is 1. The Hall–Kier alpha value is -2.49. The number of nitrogens with one attached hydrogen (secondary N) is 1. The molecule has 0 unspecified atom stereocenters. The normalized spacial score (nSPS) is 12.4. The molecule has 0 aromatic heterocycles. The molecule has 1 atom stereocenters. The van der Waals surface area contributed by atoms with Gasteiger partial charge in [0, 0.05) is 10.6 Å². The van der Waals surface area contributed by atoms with Gasteiger partial charge >= 0.3 is 0 Å². The molecular formula is C17H14ClF2N3O. The largest absolute Gasteiger partial charge is 0.368 e. The average Bonchev–Trinajstić information content (AvgIpc) is 2.55. The molecule has 2 rings (SSSR count). The van der Waals surface area contributed by atoms with Crippen LogP contribution in [0.5, 0.6) is 0 Å². The van der Waals surface area contributed by atoms with Crippen LogP contribution in [0.4, 0.5) is 8.78 Å². The molecular weight excluding hydrogens is 336 g/mol. The Balaban J connectivity index is 2.14. The smallest absolute Gasteiger partial charge is 0.285 e. The third-order valence-electron chi connectivity index (χ3n) is 3.45. The van der Waals surface area contributed by atoms with Crippen LogP contribution in [0.15, 0.2) is 48.5 Å². The van der Waals surface area contributed by atoms with Crippen molar-refractivity contribution in [2.45, 2.75) is 12.0 Å². The highest BCUT2D eigenvalue weighted by atomic mass is 35.5. The summed E-state index contributed by atoms with van der Waals surface area (Å²) in [6, 6.07) is 12.0. The lowest BCUT2D eigenvalue weighted by molar-refractivity contribution is -0.120. The predicted octanol–water partition coefficient (Wildman–Crippen LogP) is 3.12. The molecule has 0 aliphatic carbocycles. The summed E-state index contributed by atoms with van der Waals surface area (Å²) in [6.07, 6.45) is 0. The molecule has 0 aliphatic heterocycles. The van der Waals surface area contributed by atoms with Gasteiger partial charge in [-0.15, -0.1) is 0 Å². The SMILES string of the molecule is N#Cc1ccc([C@H](NCC(F)(F)c2ccc(Cl)cc2)C(N)=O)cc1. The van der Waals surface area contributed by atoms with Gasteiger partial charge in [0.05, 0.1) is 18.2 Å². The molecule has 0 fully saturated rings. The number of nitrogens with zero attached hydrogens (tertiary/aromatic N) is 1. The second kappa shape index (κ2) is 7.39. The molecule has 2 aromatic carbocycles. The Morgan fingerprint density at radius 2 is 1.79 bits per heavy atom. The molecule has 0 saturated heterocycles. The molecule has 0 saturated carbocycles. The molecule has 0 aliphatic rings. The highest BCUT2D eigenvalue weighted by Gasteiger charge is 2.33. The summed E-state index contributed by atoms with van der Waals surface area (Å²) in [5.74, 6) is -3.99. The molecule has 0 heterocycles. The minimum absolute atomic E-state index is 0.220. The van der Waals surface area contributed by atoms with Crippen molar-refractivity contribution in [2.75, 3.05) is 6.54 Å². The molecule has 0 bridgehead atoms. The lowest BCUT2D eigenvalue weighted by atomic mass is 10.0. The predicted molar refractivity (Wildman–Crippen MR) is 86.4 cm³/mol. The average molecular weight is 350 g/mol. The van der Waals surface area contributed by atoms with Gasteiger partial charge < -0.3 is 5.73 Å². The van der Waals surface area contributed by atoms with Crippen molar-refractivity contribution in [3.8, 4) is 6.07 Å². The van der Waals surface area contributed by atoms with E-state index in [-0.39, 0.29) is 5.56 Å². The lowest BCUT2D eigenvalue weighted by Gasteiger charge is -2.22. The van der Waals surface area contributed by atoms with Crippen LogP contribution in [0.25, 0.3) is 0 Å². The van der Waals surface area contributed by atoms with Crippen LogP contribution in [0.1, 0.15) is 22.7 Å². The summed E-state index contributed by atoms with van der Waals surface area (Å²) in [5, 5.41) is 11.6. The van der Waals surface area contributed by atoms with E-state index in [4.69, 9.17) is 22.6 Å². The topological polar surface area (TPSA) is 78.9 Å². The van der Waals surface area contributed by atoms with Crippen LogP contribution >= 0.6 is 11.6 Å². The summed E-state index contributed by atoms with van der Waals surface area (Å²) in [6.45, 7) is -0.776. The fourth-order valence-electron chi connectivity index (χ4n) is 2.16. The fourth-order valence-corrected chi connectivity index (χ4v) is 2.28. The number of hydrogen-bond donors (Lipinski definition) is 2. The van der Waals surface area contributed by atoms with Gasteiger partial charge in [-0.3, -0.25) is 10.1 Å². The Labute approximate surface area is 142 Å². The first-order chi connectivity index (χ1) is 11.3. The van der Waals surface area contributed by atoms with Gasteiger partial charge in [-0.25, -0.2) is 0 Å². The summed E-state index contributed by atoms with van der Waals surface area (Å²) >= 11 is 5.69. The highest BCUT2D eigenvalue weighted by molar-refractivity contribution is 6.30. The van der Waals surface area contributed by atoms with Gasteiger partial charge in [-0.2, -0.15) is 14.0 Å². The number of nitriles is 1. The van der Waals surface area contributed by atoms with Crippen LogP contribution in [-0.4, -0.2) is 12.5 Å². The van der Waals surface area contributed by atoms with E-state index in [2.05, 4.69) is 5.32 Å². The third kappa shape index (κ3) is 4.28. The molecule has 124 valence electrons. The highest BCUT2D eigenvalue weighted by Crippen LogP contribution is 2.29. The number of primary amides is 1. The van der Waals surface area contributed by atoms with Crippen molar-refractivity contribution in [1.82, 2.24) is 5.32 Å². The molecule has 24 heavy (non-hydrogen) atoms. The van der Waals surface area contributed by atoms with Crippen LogP contribution < -0.4 is 11.1 Å². The van der Waals surface area contributed by atoms with E-state index in [1.165, 1.54) is 48.5 Å². The first-order valence-corrected chi connectivity index (χ1v) is 7.38.